The predicted molar refractivity (Wildman–Crippen MR) is 380 cm³/mol. The van der Waals surface area contributed by atoms with Gasteiger partial charge in [0.2, 0.25) is 5.91 Å². The van der Waals surface area contributed by atoms with E-state index in [9.17, 15) is 19.8 Å². The van der Waals surface area contributed by atoms with Crippen LogP contribution in [0.4, 0.5) is 0 Å². The van der Waals surface area contributed by atoms with E-state index in [-0.39, 0.29) is 18.5 Å². The van der Waals surface area contributed by atoms with Gasteiger partial charge >= 0.3 is 5.97 Å². The average molecular weight is 1220 g/mol. The minimum Gasteiger partial charge on any atom is -0.466 e. The van der Waals surface area contributed by atoms with Crippen molar-refractivity contribution >= 4 is 11.9 Å². The molecule has 6 nitrogen and oxygen atoms in total. The van der Waals surface area contributed by atoms with E-state index >= 15 is 0 Å². The fourth-order valence-electron chi connectivity index (χ4n) is 13.3. The van der Waals surface area contributed by atoms with Crippen molar-refractivity contribution in [3.05, 3.63) is 0 Å². The van der Waals surface area contributed by atoms with Gasteiger partial charge in [-0.1, -0.05) is 438 Å². The Morgan fingerprint density at radius 3 is 0.709 bits per heavy atom. The number of hydrogen-bond acceptors (Lipinski definition) is 5. The molecule has 0 aromatic carbocycles. The summed E-state index contributed by atoms with van der Waals surface area (Å²) in [7, 11) is 0. The second-order valence-corrected chi connectivity index (χ2v) is 28.1. The van der Waals surface area contributed by atoms with Gasteiger partial charge in [-0.3, -0.25) is 9.59 Å². The minimum atomic E-state index is -0.663. The molecule has 2 unspecified atom stereocenters. The molecule has 2 atom stereocenters. The van der Waals surface area contributed by atoms with Crippen LogP contribution in [0.25, 0.3) is 0 Å². The maximum Gasteiger partial charge on any atom is 0.305 e. The Morgan fingerprint density at radius 1 is 0.279 bits per heavy atom. The number of amides is 1. The van der Waals surface area contributed by atoms with Crippen molar-refractivity contribution < 1.29 is 24.5 Å². The topological polar surface area (TPSA) is 95.9 Å². The summed E-state index contributed by atoms with van der Waals surface area (Å²) < 4.78 is 5.52. The summed E-state index contributed by atoms with van der Waals surface area (Å²) in [6, 6.07) is -0.540. The molecule has 0 aliphatic heterocycles. The van der Waals surface area contributed by atoms with Crippen LogP contribution < -0.4 is 5.32 Å². The zero-order valence-corrected chi connectivity index (χ0v) is 59.1. The number of nitrogens with one attached hydrogen (secondary N) is 1. The molecule has 1 amide bonds. The monoisotopic (exact) mass is 1210 g/mol. The third-order valence-electron chi connectivity index (χ3n) is 19.4. The van der Waals surface area contributed by atoms with Gasteiger partial charge in [0.05, 0.1) is 25.4 Å². The van der Waals surface area contributed by atoms with Gasteiger partial charge < -0.3 is 20.3 Å². The molecule has 6 heteroatoms. The smallest absolute Gasteiger partial charge is 0.305 e. The normalized spacial score (nSPS) is 12.4. The first-order valence-corrected chi connectivity index (χ1v) is 40.3. The molecule has 0 radical (unpaired) electrons. The number of carbonyl (C=O) groups is 2. The maximum atomic E-state index is 12.6. The quantitative estimate of drug-likeness (QED) is 0.0417. The highest BCUT2D eigenvalue weighted by molar-refractivity contribution is 5.76. The summed E-state index contributed by atoms with van der Waals surface area (Å²) in [4.78, 5) is 24.7. The largest absolute Gasteiger partial charge is 0.466 e. The van der Waals surface area contributed by atoms with Crippen molar-refractivity contribution in [2.45, 2.75) is 488 Å². The van der Waals surface area contributed by atoms with Crippen LogP contribution in [0.3, 0.4) is 0 Å². The fraction of sp³-hybridized carbons (Fsp3) is 0.975. The molecule has 0 aromatic rings. The minimum absolute atomic E-state index is 0.0246. The summed E-state index contributed by atoms with van der Waals surface area (Å²) in [6.45, 7) is 5.02. The Labute approximate surface area is 540 Å². The molecule has 0 saturated heterocycles. The fourth-order valence-corrected chi connectivity index (χ4v) is 13.3. The summed E-state index contributed by atoms with van der Waals surface area (Å²) in [5.74, 6) is -0.000535. The van der Waals surface area contributed by atoms with Gasteiger partial charge in [-0.25, -0.2) is 0 Å². The summed E-state index contributed by atoms with van der Waals surface area (Å²) in [5.41, 5.74) is 0. The molecule has 0 aliphatic rings. The predicted octanol–water partition coefficient (Wildman–Crippen LogP) is 26.5. The van der Waals surface area contributed by atoms with Crippen LogP contribution in [0.1, 0.15) is 476 Å². The lowest BCUT2D eigenvalue weighted by molar-refractivity contribution is -0.143. The van der Waals surface area contributed by atoms with Crippen molar-refractivity contribution in [2.24, 2.45) is 0 Å². The van der Waals surface area contributed by atoms with Gasteiger partial charge in [0.25, 0.3) is 0 Å². The van der Waals surface area contributed by atoms with Crippen LogP contribution in [0, 0.1) is 0 Å². The van der Waals surface area contributed by atoms with Gasteiger partial charge in [0, 0.05) is 12.8 Å². The number of unbranched alkanes of at least 4 members (excludes halogenated alkanes) is 66. The molecule has 0 bridgehead atoms. The number of hydrogen-bond donors (Lipinski definition) is 3. The first kappa shape index (κ1) is 84.9. The zero-order chi connectivity index (χ0) is 62.0. The SMILES string of the molecule is CCCCCCCCCCCCCCCCCCCCCCCCCCC(O)C(CO)NC(=O)CCCCCCCCCCCCCCCCCCCCCCCCCCCCCCOC(=O)CCCCCCCCCCCCCCCCCCC. The van der Waals surface area contributed by atoms with E-state index in [1.807, 2.05) is 0 Å². The zero-order valence-electron chi connectivity index (χ0n) is 59.1. The third-order valence-corrected chi connectivity index (χ3v) is 19.4. The first-order chi connectivity index (χ1) is 42.5. The van der Waals surface area contributed by atoms with Gasteiger partial charge in [0.1, 0.15) is 0 Å². The highest BCUT2D eigenvalue weighted by Crippen LogP contribution is 2.21. The van der Waals surface area contributed by atoms with Gasteiger partial charge in [-0.05, 0) is 25.7 Å². The van der Waals surface area contributed by atoms with E-state index in [2.05, 4.69) is 19.2 Å². The van der Waals surface area contributed by atoms with Crippen LogP contribution in [-0.2, 0) is 14.3 Å². The summed E-state index contributed by atoms with van der Waals surface area (Å²) in [6.07, 6.45) is 94.8. The van der Waals surface area contributed by atoms with E-state index in [0.29, 0.717) is 25.9 Å². The molecule has 0 fully saturated rings. The molecule has 0 aliphatic carbocycles. The van der Waals surface area contributed by atoms with E-state index in [4.69, 9.17) is 4.74 Å². The van der Waals surface area contributed by atoms with E-state index < -0.39 is 12.1 Å². The molecule has 0 spiro atoms. The number of aliphatic hydroxyl groups is 2. The van der Waals surface area contributed by atoms with Crippen LogP contribution in [0.15, 0.2) is 0 Å². The van der Waals surface area contributed by atoms with Gasteiger partial charge in [-0.15, -0.1) is 0 Å². The number of rotatable bonds is 77. The Hall–Kier alpha value is -1.14. The van der Waals surface area contributed by atoms with Crippen molar-refractivity contribution in [3.8, 4) is 0 Å². The molecule has 0 heterocycles. The van der Waals surface area contributed by atoms with Gasteiger partial charge in [-0.2, -0.15) is 0 Å². The Bertz CT molecular complexity index is 1260. The van der Waals surface area contributed by atoms with Crippen LogP contribution in [0.2, 0.25) is 0 Å². The highest BCUT2D eigenvalue weighted by atomic mass is 16.5. The lowest BCUT2D eigenvalue weighted by atomic mass is 10.0. The molecule has 86 heavy (non-hydrogen) atoms. The standard InChI is InChI=1S/C80H159NO5/c1-3-5-7-9-11-13-15-17-19-21-22-23-24-31-34-37-41-44-48-52-56-60-64-68-72-78(83)77(76-82)81-79(84)73-69-65-61-57-53-49-45-42-38-35-32-29-27-25-26-28-30-33-36-39-43-47-51-55-59-63-67-71-75-86-80(85)74-70-66-62-58-54-50-46-40-20-18-16-14-12-10-8-6-4-2/h77-78,82-83H,3-76H2,1-2H3,(H,81,84). The average Bonchev–Trinajstić information content (AvgIpc) is 3.59. The van der Waals surface area contributed by atoms with E-state index in [1.165, 1.54) is 405 Å². The lowest BCUT2D eigenvalue weighted by Gasteiger charge is -2.22. The summed E-state index contributed by atoms with van der Waals surface area (Å²) >= 11 is 0. The number of ether oxygens (including phenoxy) is 1. The second kappa shape index (κ2) is 76.3. The summed E-state index contributed by atoms with van der Waals surface area (Å²) in [5, 5.41) is 23.5. The van der Waals surface area contributed by atoms with Crippen molar-refractivity contribution in [1.29, 1.82) is 0 Å². The van der Waals surface area contributed by atoms with E-state index in [0.717, 1.165) is 38.5 Å². The van der Waals surface area contributed by atoms with Crippen molar-refractivity contribution in [3.63, 3.8) is 0 Å². The van der Waals surface area contributed by atoms with Crippen LogP contribution >= 0.6 is 0 Å². The molecule has 0 rings (SSSR count). The highest BCUT2D eigenvalue weighted by Gasteiger charge is 2.20. The molecule has 0 saturated carbocycles. The Kier molecular flexibility index (Phi) is 75.3. The molecular formula is C80H159NO5. The molecular weight excluding hydrogens is 1050 g/mol. The Morgan fingerprint density at radius 2 is 0.477 bits per heavy atom. The van der Waals surface area contributed by atoms with Crippen LogP contribution in [-0.4, -0.2) is 47.4 Å². The molecule has 514 valence electrons. The maximum absolute atomic E-state index is 12.6. The second-order valence-electron chi connectivity index (χ2n) is 28.1. The van der Waals surface area contributed by atoms with Gasteiger partial charge in [0.15, 0.2) is 0 Å². The van der Waals surface area contributed by atoms with E-state index in [1.54, 1.807) is 0 Å². The third kappa shape index (κ3) is 71.9. The molecule has 0 aromatic heterocycles. The lowest BCUT2D eigenvalue weighted by Crippen LogP contribution is -2.45. The van der Waals surface area contributed by atoms with Crippen molar-refractivity contribution in [2.75, 3.05) is 13.2 Å². The number of carbonyl (C=O) groups excluding carboxylic acids is 2. The molecule has 3 N–H and O–H groups in total. The Balaban J connectivity index is 3.33. The number of esters is 1. The number of aliphatic hydroxyl groups excluding tert-OH is 2. The van der Waals surface area contributed by atoms with Crippen LogP contribution in [0.5, 0.6) is 0 Å². The van der Waals surface area contributed by atoms with Crippen molar-refractivity contribution in [1.82, 2.24) is 5.32 Å². The first-order valence-electron chi connectivity index (χ1n) is 40.3.